The monoisotopic (exact) mass is 220 g/mol. The highest BCUT2D eigenvalue weighted by Crippen LogP contribution is 2.27. The fourth-order valence-corrected chi connectivity index (χ4v) is 2.19. The molecule has 1 aromatic rings. The number of hydrogen-bond donors (Lipinski definition) is 1. The zero-order valence-corrected chi connectivity index (χ0v) is 8.79. The van der Waals surface area contributed by atoms with Crippen LogP contribution >= 0.6 is 0 Å². The average Bonchev–Trinajstić information content (AvgIpc) is 2.73. The van der Waals surface area contributed by atoms with Crippen molar-refractivity contribution in [3.8, 4) is 0 Å². The lowest BCUT2D eigenvalue weighted by atomic mass is 9.93. The van der Waals surface area contributed by atoms with Gasteiger partial charge < -0.3 is 19.0 Å². The van der Waals surface area contributed by atoms with Gasteiger partial charge in [-0.05, 0) is 12.1 Å². The number of ether oxygens (including phenoxy) is 2. The SMILES string of the molecule is COC1=c2occc2=CC2C=CC(O)OC12. The lowest BCUT2D eigenvalue weighted by molar-refractivity contribution is -0.107. The van der Waals surface area contributed by atoms with Crippen molar-refractivity contribution in [3.05, 3.63) is 35.1 Å². The molecule has 16 heavy (non-hydrogen) atoms. The van der Waals surface area contributed by atoms with Crippen molar-refractivity contribution in [1.82, 2.24) is 0 Å². The van der Waals surface area contributed by atoms with Gasteiger partial charge >= 0.3 is 0 Å². The van der Waals surface area contributed by atoms with E-state index in [1.807, 2.05) is 12.1 Å². The third-order valence-electron chi connectivity index (χ3n) is 2.90. The Labute approximate surface area is 92.1 Å². The summed E-state index contributed by atoms with van der Waals surface area (Å²) in [7, 11) is 1.58. The van der Waals surface area contributed by atoms with Crippen LogP contribution in [0, 0.1) is 5.92 Å². The van der Waals surface area contributed by atoms with Crippen molar-refractivity contribution in [3.63, 3.8) is 0 Å². The molecule has 0 aromatic carbocycles. The number of rotatable bonds is 1. The van der Waals surface area contributed by atoms with E-state index in [1.165, 1.54) is 0 Å². The van der Waals surface area contributed by atoms with E-state index in [1.54, 1.807) is 19.4 Å². The van der Waals surface area contributed by atoms with Gasteiger partial charge in [0.05, 0.1) is 13.4 Å². The summed E-state index contributed by atoms with van der Waals surface area (Å²) in [4.78, 5) is 0. The van der Waals surface area contributed by atoms with Crippen LogP contribution in [0.1, 0.15) is 0 Å². The first-order valence-corrected chi connectivity index (χ1v) is 5.15. The molecule has 2 heterocycles. The molecule has 0 bridgehead atoms. The van der Waals surface area contributed by atoms with Crippen molar-refractivity contribution < 1.29 is 19.0 Å². The minimum Gasteiger partial charge on any atom is -0.494 e. The van der Waals surface area contributed by atoms with Gasteiger partial charge in [0.15, 0.2) is 17.5 Å². The molecule has 1 aliphatic heterocycles. The molecule has 0 radical (unpaired) electrons. The van der Waals surface area contributed by atoms with Gasteiger partial charge in [0.25, 0.3) is 0 Å². The molecule has 0 fully saturated rings. The summed E-state index contributed by atoms with van der Waals surface area (Å²) in [6, 6.07) is 1.89. The molecule has 1 aliphatic carbocycles. The van der Waals surface area contributed by atoms with Crippen LogP contribution in [0.25, 0.3) is 11.8 Å². The summed E-state index contributed by atoms with van der Waals surface area (Å²) in [5.41, 5.74) is 0.686. The van der Waals surface area contributed by atoms with E-state index in [9.17, 15) is 5.11 Å². The van der Waals surface area contributed by atoms with E-state index >= 15 is 0 Å². The molecule has 3 rings (SSSR count). The Balaban J connectivity index is 2.21. The summed E-state index contributed by atoms with van der Waals surface area (Å²) in [5.74, 6) is 0.722. The third kappa shape index (κ3) is 1.31. The summed E-state index contributed by atoms with van der Waals surface area (Å²) in [6.45, 7) is 0. The summed E-state index contributed by atoms with van der Waals surface area (Å²) < 4.78 is 16.1. The van der Waals surface area contributed by atoms with Crippen LogP contribution in [0.3, 0.4) is 0 Å². The zero-order chi connectivity index (χ0) is 11.1. The molecule has 1 N–H and O–H groups in total. The van der Waals surface area contributed by atoms with E-state index in [-0.39, 0.29) is 12.0 Å². The Morgan fingerprint density at radius 1 is 1.38 bits per heavy atom. The second-order valence-corrected chi connectivity index (χ2v) is 3.85. The zero-order valence-electron chi connectivity index (χ0n) is 8.79. The maximum Gasteiger partial charge on any atom is 0.175 e. The van der Waals surface area contributed by atoms with Gasteiger partial charge in [0.2, 0.25) is 0 Å². The van der Waals surface area contributed by atoms with Gasteiger partial charge in [0, 0.05) is 11.1 Å². The number of furan rings is 1. The molecule has 0 saturated carbocycles. The number of fused-ring (bicyclic) bond motifs is 2. The molecule has 3 unspecified atom stereocenters. The van der Waals surface area contributed by atoms with E-state index in [4.69, 9.17) is 13.9 Å². The second-order valence-electron chi connectivity index (χ2n) is 3.85. The van der Waals surface area contributed by atoms with E-state index < -0.39 is 6.29 Å². The smallest absolute Gasteiger partial charge is 0.175 e. The van der Waals surface area contributed by atoms with Crippen LogP contribution < -0.4 is 10.6 Å². The van der Waals surface area contributed by atoms with Crippen LogP contribution in [-0.4, -0.2) is 24.6 Å². The summed E-state index contributed by atoms with van der Waals surface area (Å²) >= 11 is 0. The fourth-order valence-electron chi connectivity index (χ4n) is 2.19. The Morgan fingerprint density at radius 3 is 3.06 bits per heavy atom. The number of hydrogen-bond acceptors (Lipinski definition) is 4. The molecule has 0 spiro atoms. The topological polar surface area (TPSA) is 51.8 Å². The maximum absolute atomic E-state index is 9.44. The molecule has 1 aromatic heterocycles. The molecule has 4 heteroatoms. The Bertz CT molecular complexity index is 540. The summed E-state index contributed by atoms with van der Waals surface area (Å²) in [6.07, 6.45) is 6.05. The van der Waals surface area contributed by atoms with Crippen molar-refractivity contribution in [1.29, 1.82) is 0 Å². The standard InChI is InChI=1S/C12H12O4/c1-14-12-10-8(4-5-15-10)6-7-2-3-9(13)16-11(7)12/h2-7,9,11,13H,1H3. The highest BCUT2D eigenvalue weighted by Gasteiger charge is 2.33. The third-order valence-corrected chi connectivity index (χ3v) is 2.90. The molecule has 2 aliphatic rings. The molecule has 3 atom stereocenters. The minimum absolute atomic E-state index is 0.0865. The molecule has 0 amide bonds. The number of aliphatic hydroxyl groups is 1. The van der Waals surface area contributed by atoms with Crippen LogP contribution in [-0.2, 0) is 9.47 Å². The van der Waals surface area contributed by atoms with Crippen LogP contribution in [0.2, 0.25) is 0 Å². The van der Waals surface area contributed by atoms with Crippen LogP contribution in [0.15, 0.2) is 28.9 Å². The van der Waals surface area contributed by atoms with Crippen molar-refractivity contribution in [2.24, 2.45) is 5.92 Å². The highest BCUT2D eigenvalue weighted by molar-refractivity contribution is 5.52. The second kappa shape index (κ2) is 3.50. The minimum atomic E-state index is -0.878. The van der Waals surface area contributed by atoms with Gasteiger partial charge in [0.1, 0.15) is 6.10 Å². The summed E-state index contributed by atoms with van der Waals surface area (Å²) in [5, 5.41) is 10.4. The molecule has 0 saturated heterocycles. The van der Waals surface area contributed by atoms with Gasteiger partial charge in [-0.3, -0.25) is 0 Å². The van der Waals surface area contributed by atoms with Crippen molar-refractivity contribution in [2.45, 2.75) is 12.4 Å². The van der Waals surface area contributed by atoms with Crippen molar-refractivity contribution in [2.75, 3.05) is 7.11 Å². The van der Waals surface area contributed by atoms with E-state index in [0.717, 1.165) is 5.22 Å². The predicted molar refractivity (Wildman–Crippen MR) is 56.3 cm³/mol. The predicted octanol–water partition coefficient (Wildman–Crippen LogP) is -0.282. The molecular formula is C12H12O4. The largest absolute Gasteiger partial charge is 0.494 e. The maximum atomic E-state index is 9.44. The quantitative estimate of drug-likeness (QED) is 0.661. The Hall–Kier alpha value is -1.52. The first-order chi connectivity index (χ1) is 7.79. The Morgan fingerprint density at radius 2 is 2.25 bits per heavy atom. The lowest BCUT2D eigenvalue weighted by Gasteiger charge is -2.30. The van der Waals surface area contributed by atoms with E-state index in [0.29, 0.717) is 11.2 Å². The van der Waals surface area contributed by atoms with E-state index in [2.05, 4.69) is 6.08 Å². The van der Waals surface area contributed by atoms with Gasteiger partial charge in [-0.2, -0.15) is 0 Å². The first-order valence-electron chi connectivity index (χ1n) is 5.15. The first kappa shape index (κ1) is 9.69. The molecular weight excluding hydrogens is 208 g/mol. The number of methoxy groups -OCH3 is 1. The average molecular weight is 220 g/mol. The number of aliphatic hydroxyl groups excluding tert-OH is 1. The van der Waals surface area contributed by atoms with Crippen LogP contribution in [0.5, 0.6) is 0 Å². The van der Waals surface area contributed by atoms with Crippen LogP contribution in [0.4, 0.5) is 0 Å². The van der Waals surface area contributed by atoms with Gasteiger partial charge in [-0.15, -0.1) is 0 Å². The van der Waals surface area contributed by atoms with Gasteiger partial charge in [-0.25, -0.2) is 0 Å². The highest BCUT2D eigenvalue weighted by atomic mass is 16.6. The lowest BCUT2D eigenvalue weighted by Crippen LogP contribution is -2.42. The molecule has 84 valence electrons. The fraction of sp³-hybridized carbons (Fsp3) is 0.333. The normalized spacial score (nSPS) is 31.6. The molecule has 4 nitrogen and oxygen atoms in total. The van der Waals surface area contributed by atoms with Gasteiger partial charge in [-0.1, -0.05) is 12.2 Å². The Kier molecular flexibility index (Phi) is 2.12. The van der Waals surface area contributed by atoms with Crippen molar-refractivity contribution >= 4 is 11.8 Å².